The van der Waals surface area contributed by atoms with E-state index in [0.717, 1.165) is 12.8 Å². The molecule has 1 aliphatic carbocycles. The van der Waals surface area contributed by atoms with E-state index < -0.39 is 0 Å². The second-order valence-corrected chi connectivity index (χ2v) is 3.49. The fourth-order valence-electron chi connectivity index (χ4n) is 1.88. The van der Waals surface area contributed by atoms with Crippen LogP contribution < -0.4 is 0 Å². The number of hydrogen-bond acceptors (Lipinski definition) is 2. The molecule has 0 aromatic heterocycles. The van der Waals surface area contributed by atoms with Gasteiger partial charge in [0, 0.05) is 0 Å². The molecule has 64 valence electrons. The highest BCUT2D eigenvalue weighted by molar-refractivity contribution is 5.02. The molecule has 0 N–H and O–H groups in total. The van der Waals surface area contributed by atoms with Crippen LogP contribution in [-0.2, 0) is 0 Å². The molecular weight excluding hydrogens is 148 g/mol. The molecule has 0 amide bonds. The molecule has 0 aromatic rings. The van der Waals surface area contributed by atoms with Crippen LogP contribution >= 0.6 is 0 Å². The molecule has 0 unspecified atom stereocenters. The van der Waals surface area contributed by atoms with Gasteiger partial charge in [-0.15, -0.1) is 0 Å². The summed E-state index contributed by atoms with van der Waals surface area (Å²) in [5.41, 5.74) is 0. The van der Waals surface area contributed by atoms with Gasteiger partial charge < -0.3 is 0 Å². The van der Waals surface area contributed by atoms with Crippen LogP contribution in [0.3, 0.4) is 0 Å². The second-order valence-electron chi connectivity index (χ2n) is 3.49. The van der Waals surface area contributed by atoms with E-state index >= 15 is 0 Å². The minimum absolute atomic E-state index is 0.350. The number of nitrogens with zero attached hydrogens (tertiary/aromatic N) is 2. The van der Waals surface area contributed by atoms with Gasteiger partial charge in [-0.2, -0.15) is 10.5 Å². The molecule has 0 atom stereocenters. The van der Waals surface area contributed by atoms with Crippen molar-refractivity contribution in [2.24, 2.45) is 11.8 Å². The molecule has 2 nitrogen and oxygen atoms in total. The van der Waals surface area contributed by atoms with Crippen LogP contribution in [0.15, 0.2) is 0 Å². The molecule has 0 heterocycles. The summed E-state index contributed by atoms with van der Waals surface area (Å²) in [4.78, 5) is 0. The van der Waals surface area contributed by atoms with Crippen molar-refractivity contribution in [2.45, 2.75) is 38.5 Å². The van der Waals surface area contributed by atoms with Crippen molar-refractivity contribution in [1.82, 2.24) is 0 Å². The maximum absolute atomic E-state index is 8.70. The lowest BCUT2D eigenvalue weighted by Crippen LogP contribution is -2.10. The lowest BCUT2D eigenvalue weighted by molar-refractivity contribution is 0.412. The van der Waals surface area contributed by atoms with Gasteiger partial charge in [-0.3, -0.25) is 0 Å². The van der Waals surface area contributed by atoms with Crippen molar-refractivity contribution < 1.29 is 0 Å². The van der Waals surface area contributed by atoms with Gasteiger partial charge in [0.25, 0.3) is 0 Å². The fourth-order valence-corrected chi connectivity index (χ4v) is 1.88. The molecule has 1 saturated carbocycles. The van der Waals surface area contributed by atoms with Crippen LogP contribution in [0.4, 0.5) is 0 Å². The van der Waals surface area contributed by atoms with Crippen molar-refractivity contribution in [3.05, 3.63) is 0 Å². The average molecular weight is 162 g/mol. The normalized spacial score (nSPS) is 19.6. The fraction of sp³-hybridized carbons (Fsp3) is 0.800. The maximum Gasteiger partial charge on any atom is 0.136 e. The Morgan fingerprint density at radius 3 is 1.83 bits per heavy atom. The first-order valence-electron chi connectivity index (χ1n) is 4.67. The minimum Gasteiger partial charge on any atom is -0.197 e. The predicted molar refractivity (Wildman–Crippen MR) is 45.9 cm³/mol. The molecule has 0 aliphatic heterocycles. The highest BCUT2D eigenvalue weighted by atomic mass is 14.4. The van der Waals surface area contributed by atoms with Gasteiger partial charge in [-0.05, 0) is 18.8 Å². The molecule has 1 aliphatic rings. The summed E-state index contributed by atoms with van der Waals surface area (Å²) in [7, 11) is 0. The summed E-state index contributed by atoms with van der Waals surface area (Å²) in [6.07, 6.45) is 7.10. The van der Waals surface area contributed by atoms with Crippen LogP contribution in [0.5, 0.6) is 0 Å². The molecule has 0 aromatic carbocycles. The summed E-state index contributed by atoms with van der Waals surface area (Å²) in [5.74, 6) is -0.00870. The van der Waals surface area contributed by atoms with E-state index in [4.69, 9.17) is 10.5 Å². The van der Waals surface area contributed by atoms with E-state index in [2.05, 4.69) is 12.1 Å². The van der Waals surface area contributed by atoms with E-state index in [0.29, 0.717) is 5.92 Å². The zero-order chi connectivity index (χ0) is 8.81. The van der Waals surface area contributed by atoms with Crippen molar-refractivity contribution in [3.63, 3.8) is 0 Å². The van der Waals surface area contributed by atoms with Gasteiger partial charge in [0.1, 0.15) is 5.92 Å². The Morgan fingerprint density at radius 2 is 1.42 bits per heavy atom. The van der Waals surface area contributed by atoms with E-state index in [9.17, 15) is 0 Å². The summed E-state index contributed by atoms with van der Waals surface area (Å²) in [5, 5.41) is 17.4. The number of rotatable bonds is 1. The van der Waals surface area contributed by atoms with Crippen LogP contribution in [0.25, 0.3) is 0 Å². The lowest BCUT2D eigenvalue weighted by atomic mass is 9.88. The molecule has 0 radical (unpaired) electrons. The van der Waals surface area contributed by atoms with Crippen LogP contribution in [-0.4, -0.2) is 0 Å². The highest BCUT2D eigenvalue weighted by Gasteiger charge is 2.21. The third-order valence-electron chi connectivity index (χ3n) is 2.65. The van der Waals surface area contributed by atoms with Crippen molar-refractivity contribution in [1.29, 1.82) is 10.5 Å². The Kier molecular flexibility index (Phi) is 3.61. The largest absolute Gasteiger partial charge is 0.197 e. The Labute approximate surface area is 73.8 Å². The molecule has 1 fully saturated rings. The van der Waals surface area contributed by atoms with Gasteiger partial charge in [0.15, 0.2) is 0 Å². The summed E-state index contributed by atoms with van der Waals surface area (Å²) < 4.78 is 0. The zero-order valence-electron chi connectivity index (χ0n) is 7.29. The van der Waals surface area contributed by atoms with Gasteiger partial charge in [-0.25, -0.2) is 0 Å². The molecule has 2 heteroatoms. The van der Waals surface area contributed by atoms with Gasteiger partial charge in [0.05, 0.1) is 12.1 Å². The molecule has 0 saturated heterocycles. The predicted octanol–water partition coefficient (Wildman–Crippen LogP) is 2.62. The molecule has 0 bridgehead atoms. The minimum atomic E-state index is -0.358. The monoisotopic (exact) mass is 162 g/mol. The second kappa shape index (κ2) is 4.78. The van der Waals surface area contributed by atoms with Crippen LogP contribution in [0, 0.1) is 34.5 Å². The Morgan fingerprint density at radius 1 is 0.917 bits per heavy atom. The van der Waals surface area contributed by atoms with Crippen LogP contribution in [0.2, 0.25) is 0 Å². The third kappa shape index (κ3) is 2.24. The number of hydrogen-bond donors (Lipinski definition) is 0. The van der Waals surface area contributed by atoms with E-state index in [1.165, 1.54) is 25.7 Å². The average Bonchev–Trinajstić information content (AvgIpc) is 2.35. The Hall–Kier alpha value is -1.02. The first-order chi connectivity index (χ1) is 5.88. The van der Waals surface area contributed by atoms with E-state index in [1.807, 2.05) is 0 Å². The van der Waals surface area contributed by atoms with E-state index in [-0.39, 0.29) is 5.92 Å². The summed E-state index contributed by atoms with van der Waals surface area (Å²) >= 11 is 0. The highest BCUT2D eigenvalue weighted by Crippen LogP contribution is 2.28. The number of nitriles is 2. The lowest BCUT2D eigenvalue weighted by Gasteiger charge is -2.12. The SMILES string of the molecule is N#CC(C#N)C1CCCCCC1. The first-order valence-corrected chi connectivity index (χ1v) is 4.67. The Balaban J connectivity index is 2.49. The summed E-state index contributed by atoms with van der Waals surface area (Å²) in [6.45, 7) is 0. The Bertz CT molecular complexity index is 187. The molecule has 0 spiro atoms. The molecule has 12 heavy (non-hydrogen) atoms. The third-order valence-corrected chi connectivity index (χ3v) is 2.65. The molecule has 1 rings (SSSR count). The molecular formula is C10H14N2. The van der Waals surface area contributed by atoms with E-state index in [1.54, 1.807) is 0 Å². The van der Waals surface area contributed by atoms with Gasteiger partial charge >= 0.3 is 0 Å². The van der Waals surface area contributed by atoms with Gasteiger partial charge in [0.2, 0.25) is 0 Å². The summed E-state index contributed by atoms with van der Waals surface area (Å²) in [6, 6.07) is 4.18. The standard InChI is InChI=1S/C10H14N2/c11-7-10(8-12)9-5-3-1-2-4-6-9/h9-10H,1-6H2. The smallest absolute Gasteiger partial charge is 0.136 e. The zero-order valence-corrected chi connectivity index (χ0v) is 7.29. The van der Waals surface area contributed by atoms with Crippen molar-refractivity contribution >= 4 is 0 Å². The maximum atomic E-state index is 8.70. The first kappa shape index (κ1) is 9.07. The van der Waals surface area contributed by atoms with Crippen LogP contribution in [0.1, 0.15) is 38.5 Å². The van der Waals surface area contributed by atoms with Crippen molar-refractivity contribution in [3.8, 4) is 12.1 Å². The quantitative estimate of drug-likeness (QED) is 0.556. The van der Waals surface area contributed by atoms with Gasteiger partial charge in [-0.1, -0.05) is 25.7 Å². The topological polar surface area (TPSA) is 47.6 Å². The van der Waals surface area contributed by atoms with Crippen molar-refractivity contribution in [2.75, 3.05) is 0 Å².